The predicted molar refractivity (Wildman–Crippen MR) is 101 cm³/mol. The zero-order valence-corrected chi connectivity index (χ0v) is 17.1. The highest BCUT2D eigenvalue weighted by Gasteiger charge is 2.33. The van der Waals surface area contributed by atoms with E-state index in [1.165, 1.54) is 13.8 Å². The molecule has 1 heterocycles. The molecule has 0 aliphatic carbocycles. The zero-order valence-electron chi connectivity index (χ0n) is 16.3. The molecule has 0 fully saturated rings. The fraction of sp³-hybridized carbons (Fsp3) is 0.333. The van der Waals surface area contributed by atoms with Gasteiger partial charge in [0.15, 0.2) is 11.6 Å². The summed E-state index contributed by atoms with van der Waals surface area (Å²) in [6.07, 6.45) is 0. The van der Waals surface area contributed by atoms with Gasteiger partial charge in [-0.05, 0) is 32.9 Å². The molecule has 2 N–H and O–H groups in total. The Bertz CT molecular complexity index is 1050. The van der Waals surface area contributed by atoms with Crippen LogP contribution < -0.4 is 5.32 Å². The highest BCUT2D eigenvalue weighted by atomic mass is 32.2. The number of carbonyl (C=O) groups excluding carboxylic acids is 2. The molecule has 0 aliphatic heterocycles. The smallest absolute Gasteiger partial charge is 0.341 e. The molecule has 1 amide bonds. The number of anilines is 1. The van der Waals surface area contributed by atoms with Crippen molar-refractivity contribution in [3.05, 3.63) is 46.8 Å². The number of rotatable bonds is 7. The van der Waals surface area contributed by atoms with E-state index in [2.05, 4.69) is 10.3 Å². The van der Waals surface area contributed by atoms with Crippen molar-refractivity contribution < 1.29 is 31.5 Å². The van der Waals surface area contributed by atoms with Crippen LogP contribution >= 0.6 is 0 Å². The lowest BCUT2D eigenvalue weighted by Crippen LogP contribution is -2.35. The minimum absolute atomic E-state index is 0.0272. The Kier molecular flexibility index (Phi) is 6.75. The molecule has 29 heavy (non-hydrogen) atoms. The largest absolute Gasteiger partial charge is 0.462 e. The Labute approximate surface area is 166 Å². The summed E-state index contributed by atoms with van der Waals surface area (Å²) >= 11 is 0. The van der Waals surface area contributed by atoms with Crippen LogP contribution in [0.25, 0.3) is 0 Å². The van der Waals surface area contributed by atoms with Crippen LogP contribution in [0.3, 0.4) is 0 Å². The minimum atomic E-state index is -4.24. The van der Waals surface area contributed by atoms with Crippen LogP contribution in [0.2, 0.25) is 0 Å². The number of amides is 1. The monoisotopic (exact) mass is 429 g/mol. The van der Waals surface area contributed by atoms with E-state index in [4.69, 9.17) is 4.74 Å². The van der Waals surface area contributed by atoms with Gasteiger partial charge in [-0.15, -0.1) is 0 Å². The molecule has 0 bridgehead atoms. The highest BCUT2D eigenvalue weighted by molar-refractivity contribution is 7.89. The number of likely N-dealkylation sites (N-methyl/N-ethyl adjacent to an activating group) is 1. The number of hydrogen-bond acceptors (Lipinski definition) is 5. The molecule has 2 rings (SSSR count). The van der Waals surface area contributed by atoms with Gasteiger partial charge < -0.3 is 15.0 Å². The maximum atomic E-state index is 13.3. The first-order chi connectivity index (χ1) is 13.5. The second-order valence-electron chi connectivity index (χ2n) is 6.24. The fourth-order valence-electron chi connectivity index (χ4n) is 2.75. The molecule has 0 saturated heterocycles. The number of benzene rings is 1. The van der Waals surface area contributed by atoms with Crippen LogP contribution in [0.15, 0.2) is 23.1 Å². The average Bonchev–Trinajstić information content (AvgIpc) is 2.93. The number of carbonyl (C=O) groups is 2. The lowest BCUT2D eigenvalue weighted by molar-refractivity contribution is -0.116. The van der Waals surface area contributed by atoms with Gasteiger partial charge in [-0.25, -0.2) is 22.0 Å². The first-order valence-corrected chi connectivity index (χ1v) is 10.0. The third-order valence-corrected chi connectivity index (χ3v) is 6.01. The summed E-state index contributed by atoms with van der Waals surface area (Å²) in [5, 5.41) is 2.29. The normalized spacial score (nSPS) is 11.6. The number of ether oxygens (including phenoxy) is 1. The van der Waals surface area contributed by atoms with Crippen molar-refractivity contribution in [2.75, 3.05) is 25.5 Å². The Morgan fingerprint density at radius 2 is 1.83 bits per heavy atom. The third kappa shape index (κ3) is 4.80. The van der Waals surface area contributed by atoms with E-state index in [0.29, 0.717) is 5.69 Å². The number of halogens is 2. The molecule has 2 aromatic rings. The summed E-state index contributed by atoms with van der Waals surface area (Å²) in [5.74, 6) is -3.80. The molecule has 1 aromatic carbocycles. The second-order valence-corrected chi connectivity index (χ2v) is 8.22. The average molecular weight is 429 g/mol. The summed E-state index contributed by atoms with van der Waals surface area (Å²) in [5.41, 5.74) is 0.385. The summed E-state index contributed by atoms with van der Waals surface area (Å²) in [6.45, 7) is 4.06. The molecule has 158 valence electrons. The topological polar surface area (TPSA) is 109 Å². The molecule has 1 aromatic heterocycles. The van der Waals surface area contributed by atoms with Crippen LogP contribution in [0.4, 0.5) is 14.5 Å². The maximum Gasteiger partial charge on any atom is 0.341 e. The standard InChI is InChI=1S/C18H21F2N3O5S/c1-5-28-18(25)16-10(2)21-11(3)17(16)29(26,27)23(4)9-15(24)22-12-6-7-13(19)14(20)8-12/h6-8,21H,5,9H2,1-4H3,(H,22,24). The predicted octanol–water partition coefficient (Wildman–Crippen LogP) is 2.35. The maximum absolute atomic E-state index is 13.3. The highest BCUT2D eigenvalue weighted by Crippen LogP contribution is 2.27. The van der Waals surface area contributed by atoms with Crippen molar-refractivity contribution in [3.8, 4) is 0 Å². The first-order valence-electron chi connectivity index (χ1n) is 8.56. The van der Waals surface area contributed by atoms with Crippen molar-refractivity contribution in [2.45, 2.75) is 25.7 Å². The summed E-state index contributed by atoms with van der Waals surface area (Å²) in [4.78, 5) is 26.9. The summed E-state index contributed by atoms with van der Waals surface area (Å²) in [7, 11) is -3.08. The molecule has 0 atom stereocenters. The number of nitrogens with zero attached hydrogens (tertiary/aromatic N) is 1. The Balaban J connectivity index is 2.26. The van der Waals surface area contributed by atoms with E-state index in [9.17, 15) is 26.8 Å². The van der Waals surface area contributed by atoms with E-state index in [1.807, 2.05) is 0 Å². The molecular weight excluding hydrogens is 408 g/mol. The summed E-state index contributed by atoms with van der Waals surface area (Å²) < 4.78 is 57.9. The van der Waals surface area contributed by atoms with Crippen LogP contribution in [-0.4, -0.2) is 49.8 Å². The molecular formula is C18H21F2N3O5S. The lowest BCUT2D eigenvalue weighted by Gasteiger charge is -2.18. The van der Waals surface area contributed by atoms with Crippen LogP contribution in [0.1, 0.15) is 28.7 Å². The third-order valence-electron chi connectivity index (χ3n) is 4.04. The van der Waals surface area contributed by atoms with Gasteiger partial charge >= 0.3 is 5.97 Å². The number of sulfonamides is 1. The summed E-state index contributed by atoms with van der Waals surface area (Å²) in [6, 6.07) is 2.76. The Morgan fingerprint density at radius 1 is 1.17 bits per heavy atom. The SMILES string of the molecule is CCOC(=O)c1c(C)[nH]c(C)c1S(=O)(=O)N(C)CC(=O)Nc1ccc(F)c(F)c1. The van der Waals surface area contributed by atoms with Crippen LogP contribution in [0, 0.1) is 25.5 Å². The Morgan fingerprint density at radius 3 is 2.41 bits per heavy atom. The van der Waals surface area contributed by atoms with Crippen molar-refractivity contribution in [1.82, 2.24) is 9.29 Å². The number of nitrogens with one attached hydrogen (secondary N) is 2. The zero-order chi connectivity index (χ0) is 21.9. The number of esters is 1. The van der Waals surface area contributed by atoms with E-state index >= 15 is 0 Å². The van der Waals surface area contributed by atoms with E-state index in [0.717, 1.165) is 29.6 Å². The van der Waals surface area contributed by atoms with Gasteiger partial charge in [0, 0.05) is 30.2 Å². The molecule has 0 aliphatic rings. The molecule has 0 radical (unpaired) electrons. The number of aryl methyl sites for hydroxylation is 2. The number of hydrogen-bond donors (Lipinski definition) is 2. The van der Waals surface area contributed by atoms with Crippen molar-refractivity contribution in [3.63, 3.8) is 0 Å². The van der Waals surface area contributed by atoms with Crippen molar-refractivity contribution in [1.29, 1.82) is 0 Å². The van der Waals surface area contributed by atoms with Crippen LogP contribution in [-0.2, 0) is 19.6 Å². The van der Waals surface area contributed by atoms with Gasteiger partial charge in [-0.2, -0.15) is 4.31 Å². The van der Waals surface area contributed by atoms with Crippen molar-refractivity contribution in [2.24, 2.45) is 0 Å². The molecule has 8 nitrogen and oxygen atoms in total. The van der Waals surface area contributed by atoms with Crippen LogP contribution in [0.5, 0.6) is 0 Å². The number of aromatic amines is 1. The first kappa shape index (κ1) is 22.5. The fourth-order valence-corrected chi connectivity index (χ4v) is 4.28. The van der Waals surface area contributed by atoms with Gasteiger partial charge in [0.05, 0.1) is 13.2 Å². The molecule has 11 heteroatoms. The minimum Gasteiger partial charge on any atom is -0.462 e. The second kappa shape index (κ2) is 8.70. The molecule has 0 saturated carbocycles. The Hall–Kier alpha value is -2.79. The van der Waals surface area contributed by atoms with E-state index in [-0.39, 0.29) is 28.4 Å². The van der Waals surface area contributed by atoms with Gasteiger partial charge in [0.2, 0.25) is 15.9 Å². The van der Waals surface area contributed by atoms with Gasteiger partial charge in [-0.3, -0.25) is 4.79 Å². The van der Waals surface area contributed by atoms with Gasteiger partial charge in [0.1, 0.15) is 10.5 Å². The van der Waals surface area contributed by atoms with Gasteiger partial charge in [-0.1, -0.05) is 0 Å². The lowest BCUT2D eigenvalue weighted by atomic mass is 10.2. The van der Waals surface area contributed by atoms with Gasteiger partial charge in [0.25, 0.3) is 0 Å². The van der Waals surface area contributed by atoms with E-state index in [1.54, 1.807) is 6.92 Å². The van der Waals surface area contributed by atoms with Crippen molar-refractivity contribution >= 4 is 27.6 Å². The number of H-pyrrole nitrogens is 1. The quantitative estimate of drug-likeness (QED) is 0.657. The molecule has 0 unspecified atom stereocenters. The molecule has 0 spiro atoms. The number of aromatic nitrogens is 1. The van der Waals surface area contributed by atoms with E-state index < -0.39 is 40.1 Å².